The molecule has 0 N–H and O–H groups in total. The molecule has 0 saturated carbocycles. The van der Waals surface area contributed by atoms with E-state index in [2.05, 4.69) is 13.8 Å². The normalized spacial score (nSPS) is 10.6. The number of ether oxygens (including phenoxy) is 2. The third-order valence-corrected chi connectivity index (χ3v) is 5.02. The first-order valence-corrected chi connectivity index (χ1v) is 11.2. The Hall–Kier alpha value is -2.62. The van der Waals surface area contributed by atoms with Gasteiger partial charge in [0.25, 0.3) is 0 Å². The zero-order chi connectivity index (χ0) is 21.6. The van der Waals surface area contributed by atoms with Crippen LogP contribution in [-0.2, 0) is 9.47 Å². The van der Waals surface area contributed by atoms with E-state index in [1.165, 1.54) is 0 Å². The maximum absolute atomic E-state index is 12.6. The van der Waals surface area contributed by atoms with Crippen LogP contribution in [0.4, 0.5) is 0 Å². The lowest BCUT2D eigenvalue weighted by Gasteiger charge is -2.11. The first-order valence-electron chi connectivity index (χ1n) is 11.2. The van der Waals surface area contributed by atoms with Crippen molar-refractivity contribution in [2.45, 2.75) is 65.2 Å². The highest BCUT2D eigenvalue weighted by Crippen LogP contribution is 2.25. The Bertz CT molecular complexity index is 797. The standard InChI is InChI=1S/C26H34O4/c1-3-5-7-11-18-29-25(27)22-15-13-14-21(20-22)23-16-9-10-17-24(23)26(28)30-19-12-8-6-4-2/h9-10,13-17,20H,3-8,11-12,18-19H2,1-2H3. The summed E-state index contributed by atoms with van der Waals surface area (Å²) in [5.74, 6) is -0.657. The van der Waals surface area contributed by atoms with E-state index in [1.807, 2.05) is 30.3 Å². The van der Waals surface area contributed by atoms with Crippen LogP contribution in [0.2, 0.25) is 0 Å². The van der Waals surface area contributed by atoms with Crippen LogP contribution in [0.1, 0.15) is 85.9 Å². The first kappa shape index (κ1) is 23.7. The molecular weight excluding hydrogens is 376 g/mol. The van der Waals surface area contributed by atoms with Gasteiger partial charge in [-0.2, -0.15) is 0 Å². The maximum atomic E-state index is 12.6. The van der Waals surface area contributed by atoms with E-state index in [4.69, 9.17) is 9.47 Å². The number of hydrogen-bond acceptors (Lipinski definition) is 4. The molecule has 0 atom stereocenters. The molecule has 0 fully saturated rings. The quantitative estimate of drug-likeness (QED) is 0.268. The number of hydrogen-bond donors (Lipinski definition) is 0. The molecule has 0 aliphatic heterocycles. The van der Waals surface area contributed by atoms with E-state index < -0.39 is 0 Å². The van der Waals surface area contributed by atoms with Gasteiger partial charge in [0.1, 0.15) is 0 Å². The number of benzene rings is 2. The van der Waals surface area contributed by atoms with Crippen molar-refractivity contribution >= 4 is 11.9 Å². The van der Waals surface area contributed by atoms with Crippen LogP contribution in [0, 0.1) is 0 Å². The van der Waals surface area contributed by atoms with Crippen LogP contribution < -0.4 is 0 Å². The van der Waals surface area contributed by atoms with Crippen LogP contribution in [0.15, 0.2) is 48.5 Å². The fourth-order valence-corrected chi connectivity index (χ4v) is 3.28. The van der Waals surface area contributed by atoms with Gasteiger partial charge in [-0.3, -0.25) is 0 Å². The topological polar surface area (TPSA) is 52.6 Å². The molecule has 4 nitrogen and oxygen atoms in total. The molecule has 4 heteroatoms. The number of unbranched alkanes of at least 4 members (excludes halogenated alkanes) is 6. The van der Waals surface area contributed by atoms with Crippen LogP contribution in [0.5, 0.6) is 0 Å². The summed E-state index contributed by atoms with van der Waals surface area (Å²) < 4.78 is 10.9. The molecule has 0 aromatic heterocycles. The van der Waals surface area contributed by atoms with Crippen molar-refractivity contribution in [2.75, 3.05) is 13.2 Å². The number of carbonyl (C=O) groups is 2. The third-order valence-electron chi connectivity index (χ3n) is 5.02. The van der Waals surface area contributed by atoms with E-state index in [-0.39, 0.29) is 11.9 Å². The Labute approximate surface area is 180 Å². The molecular formula is C26H34O4. The molecule has 0 aliphatic carbocycles. The van der Waals surface area contributed by atoms with E-state index in [1.54, 1.807) is 18.2 Å². The highest BCUT2D eigenvalue weighted by molar-refractivity contribution is 5.98. The molecule has 2 rings (SSSR count). The van der Waals surface area contributed by atoms with Crippen molar-refractivity contribution in [1.29, 1.82) is 0 Å². The second-order valence-corrected chi connectivity index (χ2v) is 7.52. The summed E-state index contributed by atoms with van der Waals surface area (Å²) in [6.07, 6.45) is 8.48. The zero-order valence-corrected chi connectivity index (χ0v) is 18.3. The Morgan fingerprint density at radius 1 is 0.700 bits per heavy atom. The molecule has 162 valence electrons. The van der Waals surface area contributed by atoms with Gasteiger partial charge in [0.05, 0.1) is 24.3 Å². The van der Waals surface area contributed by atoms with Crippen molar-refractivity contribution < 1.29 is 19.1 Å². The lowest BCUT2D eigenvalue weighted by molar-refractivity contribution is 0.0489. The van der Waals surface area contributed by atoms with E-state index in [0.29, 0.717) is 24.3 Å². The minimum atomic E-state index is -0.329. The molecule has 0 heterocycles. The van der Waals surface area contributed by atoms with Gasteiger partial charge in [-0.05, 0) is 42.2 Å². The summed E-state index contributed by atoms with van der Waals surface area (Å²) >= 11 is 0. The van der Waals surface area contributed by atoms with Crippen LogP contribution in [0.3, 0.4) is 0 Å². The molecule has 2 aromatic rings. The Morgan fingerprint density at radius 3 is 2.00 bits per heavy atom. The fourth-order valence-electron chi connectivity index (χ4n) is 3.28. The van der Waals surface area contributed by atoms with Crippen LogP contribution in [0.25, 0.3) is 11.1 Å². The van der Waals surface area contributed by atoms with Gasteiger partial charge in [-0.1, -0.05) is 82.7 Å². The molecule has 0 aliphatic rings. The van der Waals surface area contributed by atoms with E-state index in [0.717, 1.165) is 62.5 Å². The lowest BCUT2D eigenvalue weighted by Crippen LogP contribution is -2.09. The van der Waals surface area contributed by atoms with Crippen LogP contribution >= 0.6 is 0 Å². The van der Waals surface area contributed by atoms with Gasteiger partial charge < -0.3 is 9.47 Å². The average molecular weight is 411 g/mol. The molecule has 0 spiro atoms. The molecule has 0 saturated heterocycles. The second-order valence-electron chi connectivity index (χ2n) is 7.52. The van der Waals surface area contributed by atoms with Crippen molar-refractivity contribution in [3.63, 3.8) is 0 Å². The Balaban J connectivity index is 2.04. The predicted molar refractivity (Wildman–Crippen MR) is 121 cm³/mol. The van der Waals surface area contributed by atoms with Gasteiger partial charge >= 0.3 is 11.9 Å². The smallest absolute Gasteiger partial charge is 0.338 e. The number of carbonyl (C=O) groups excluding carboxylic acids is 2. The van der Waals surface area contributed by atoms with Gasteiger partial charge in [0.15, 0.2) is 0 Å². The monoisotopic (exact) mass is 410 g/mol. The summed E-state index contributed by atoms with van der Waals surface area (Å²) in [6.45, 7) is 5.16. The summed E-state index contributed by atoms with van der Waals surface area (Å²) in [7, 11) is 0. The minimum Gasteiger partial charge on any atom is -0.462 e. The molecule has 0 bridgehead atoms. The number of rotatable bonds is 13. The highest BCUT2D eigenvalue weighted by Gasteiger charge is 2.15. The van der Waals surface area contributed by atoms with Crippen molar-refractivity contribution in [2.24, 2.45) is 0 Å². The Kier molecular flexibility index (Phi) is 10.7. The summed E-state index contributed by atoms with van der Waals surface area (Å²) in [5.41, 5.74) is 2.56. The molecule has 2 aromatic carbocycles. The van der Waals surface area contributed by atoms with Gasteiger partial charge in [-0.15, -0.1) is 0 Å². The first-order chi connectivity index (χ1) is 14.7. The van der Waals surface area contributed by atoms with Crippen LogP contribution in [-0.4, -0.2) is 25.2 Å². The van der Waals surface area contributed by atoms with Crippen molar-refractivity contribution in [3.05, 3.63) is 59.7 Å². The molecule has 0 amide bonds. The maximum Gasteiger partial charge on any atom is 0.338 e. The van der Waals surface area contributed by atoms with E-state index in [9.17, 15) is 9.59 Å². The van der Waals surface area contributed by atoms with Crippen molar-refractivity contribution in [3.8, 4) is 11.1 Å². The van der Waals surface area contributed by atoms with Crippen molar-refractivity contribution in [1.82, 2.24) is 0 Å². The fraction of sp³-hybridized carbons (Fsp3) is 0.462. The average Bonchev–Trinajstić information content (AvgIpc) is 2.78. The summed E-state index contributed by atoms with van der Waals surface area (Å²) in [6, 6.07) is 14.6. The lowest BCUT2D eigenvalue weighted by atomic mass is 9.98. The third kappa shape index (κ3) is 7.66. The summed E-state index contributed by atoms with van der Waals surface area (Å²) in [5, 5.41) is 0. The second kappa shape index (κ2) is 13.6. The van der Waals surface area contributed by atoms with E-state index >= 15 is 0 Å². The summed E-state index contributed by atoms with van der Waals surface area (Å²) in [4.78, 5) is 25.0. The Morgan fingerprint density at radius 2 is 1.33 bits per heavy atom. The van der Waals surface area contributed by atoms with Gasteiger partial charge in [0, 0.05) is 0 Å². The SMILES string of the molecule is CCCCCCOC(=O)c1cccc(-c2ccccc2C(=O)OCCCCCC)c1. The molecule has 0 radical (unpaired) electrons. The zero-order valence-electron chi connectivity index (χ0n) is 18.3. The molecule has 0 unspecified atom stereocenters. The van der Waals surface area contributed by atoms with Gasteiger partial charge in [-0.25, -0.2) is 9.59 Å². The molecule has 30 heavy (non-hydrogen) atoms. The number of esters is 2. The predicted octanol–water partition coefficient (Wildman–Crippen LogP) is 6.83. The highest BCUT2D eigenvalue weighted by atomic mass is 16.5. The minimum absolute atomic E-state index is 0.328. The van der Waals surface area contributed by atoms with Gasteiger partial charge in [0.2, 0.25) is 0 Å². The largest absolute Gasteiger partial charge is 0.462 e.